The van der Waals surface area contributed by atoms with Crippen molar-refractivity contribution >= 4 is 0 Å². The fraction of sp³-hybridized carbons (Fsp3) is 0.667. The molecule has 0 saturated heterocycles. The Hall–Kier alpha value is -0.780. The molecule has 0 aliphatic heterocycles. The van der Waals surface area contributed by atoms with Crippen LogP contribution in [0.25, 0.3) is 0 Å². The molecule has 0 aliphatic carbocycles. The normalized spacial score (nSPS) is 11.6. The van der Waals surface area contributed by atoms with E-state index in [1.165, 1.54) is 36.8 Å². The van der Waals surface area contributed by atoms with Gasteiger partial charge in [-0.15, -0.1) is 0 Å². The van der Waals surface area contributed by atoms with Crippen LogP contribution in [-0.2, 0) is 0 Å². The molecule has 0 bridgehead atoms. The summed E-state index contributed by atoms with van der Waals surface area (Å²) < 4.78 is 0. The quantitative estimate of drug-likeness (QED) is 0.441. The molecule has 0 radical (unpaired) electrons. The first-order valence-corrected chi connectivity index (χ1v) is 7.32. The first-order chi connectivity index (χ1) is 8.34. The van der Waals surface area contributed by atoms with E-state index < -0.39 is 0 Å². The lowest BCUT2D eigenvalue weighted by Gasteiger charge is -2.22. The lowest BCUT2D eigenvalue weighted by molar-refractivity contribution is 0.301. The van der Waals surface area contributed by atoms with E-state index >= 15 is 0 Å². The molecule has 0 heterocycles. The minimum atomic E-state index is 0.601. The van der Waals surface area contributed by atoms with Crippen LogP contribution in [0.4, 0.5) is 0 Å². The smallest absolute Gasteiger partial charge is 0.0311 e. The number of rotatable bonds is 7. The summed E-state index contributed by atoms with van der Waals surface area (Å²) in [5, 5.41) is 0. The molecule has 0 saturated carbocycles. The van der Waals surface area contributed by atoms with Gasteiger partial charge in [-0.2, -0.15) is 0 Å². The highest BCUT2D eigenvalue weighted by molar-refractivity contribution is 5.28. The third-order valence-electron chi connectivity index (χ3n) is 3.21. The molecule has 0 aromatic rings. The van der Waals surface area contributed by atoms with Crippen LogP contribution < -0.4 is 0 Å². The largest absolute Gasteiger partial charge is 0.0991 e. The van der Waals surface area contributed by atoms with E-state index in [2.05, 4.69) is 47.8 Å². The van der Waals surface area contributed by atoms with E-state index in [0.717, 1.165) is 6.42 Å². The van der Waals surface area contributed by atoms with Gasteiger partial charge in [0.1, 0.15) is 0 Å². The summed E-state index contributed by atoms with van der Waals surface area (Å²) in [6, 6.07) is 0. The van der Waals surface area contributed by atoms with Crippen molar-refractivity contribution in [2.45, 2.75) is 73.6 Å². The predicted octanol–water partition coefficient (Wildman–Crippen LogP) is 6.70. The third-order valence-corrected chi connectivity index (χ3v) is 3.21. The Bertz CT molecular complexity index is 245. The van der Waals surface area contributed by atoms with Crippen molar-refractivity contribution in [3.05, 3.63) is 36.5 Å². The van der Waals surface area contributed by atoms with E-state index in [1.807, 2.05) is 13.0 Å². The van der Waals surface area contributed by atoms with E-state index in [9.17, 15) is 0 Å². The van der Waals surface area contributed by atoms with Crippen LogP contribution in [0, 0.1) is 5.41 Å². The molecule has 0 unspecified atom stereocenters. The van der Waals surface area contributed by atoms with Crippen molar-refractivity contribution in [2.24, 2.45) is 5.41 Å². The molecule has 0 aliphatic rings. The molecular formula is C18H34. The van der Waals surface area contributed by atoms with Gasteiger partial charge in [0.2, 0.25) is 0 Å². The van der Waals surface area contributed by atoms with Gasteiger partial charge >= 0.3 is 0 Å². The molecule has 0 amide bonds. The van der Waals surface area contributed by atoms with Gasteiger partial charge < -0.3 is 0 Å². The number of allylic oxidation sites excluding steroid dienone is 4. The maximum absolute atomic E-state index is 3.88. The van der Waals surface area contributed by atoms with Gasteiger partial charge in [0, 0.05) is 0 Å². The first kappa shape index (κ1) is 19.6. The third kappa shape index (κ3) is 11.7. The summed E-state index contributed by atoms with van der Waals surface area (Å²) >= 11 is 0. The summed E-state index contributed by atoms with van der Waals surface area (Å²) in [7, 11) is 0. The maximum atomic E-state index is 3.88. The van der Waals surface area contributed by atoms with Crippen molar-refractivity contribution in [1.29, 1.82) is 0 Å². The van der Waals surface area contributed by atoms with E-state index in [-0.39, 0.29) is 0 Å². The highest BCUT2D eigenvalue weighted by Gasteiger charge is 2.13. The summed E-state index contributed by atoms with van der Waals surface area (Å²) in [5.41, 5.74) is 3.02. The van der Waals surface area contributed by atoms with Crippen LogP contribution in [0.2, 0.25) is 0 Å². The second kappa shape index (κ2) is 11.3. The van der Waals surface area contributed by atoms with Gasteiger partial charge in [-0.1, -0.05) is 78.3 Å². The van der Waals surface area contributed by atoms with Crippen molar-refractivity contribution in [3.8, 4) is 0 Å². The molecule has 0 fully saturated rings. The standard InChI is InChI=1S/C9H20.C9H14/c1-5-7-9(3,4)8-6-2;1-5-7-9(4)8(3)6-2/h5-8H2,1-4H3;5,7H,1,3,6H2,2,4H3/b;9-7-. The lowest BCUT2D eigenvalue weighted by atomic mass is 9.84. The van der Waals surface area contributed by atoms with Gasteiger partial charge in [-0.05, 0) is 37.2 Å². The Morgan fingerprint density at radius 3 is 1.78 bits per heavy atom. The van der Waals surface area contributed by atoms with Crippen LogP contribution in [0.5, 0.6) is 0 Å². The Morgan fingerprint density at radius 2 is 1.50 bits per heavy atom. The van der Waals surface area contributed by atoms with Crippen molar-refractivity contribution < 1.29 is 0 Å². The van der Waals surface area contributed by atoms with Gasteiger partial charge in [-0.3, -0.25) is 0 Å². The van der Waals surface area contributed by atoms with Crippen LogP contribution in [0.15, 0.2) is 36.5 Å². The Balaban J connectivity index is 0. The highest BCUT2D eigenvalue weighted by Crippen LogP contribution is 2.27. The second-order valence-corrected chi connectivity index (χ2v) is 5.71. The summed E-state index contributed by atoms with van der Waals surface area (Å²) in [6.07, 6.45) is 10.2. The minimum Gasteiger partial charge on any atom is -0.0991 e. The molecule has 0 rings (SSSR count). The molecule has 106 valence electrons. The predicted molar refractivity (Wildman–Crippen MR) is 87.0 cm³/mol. The summed E-state index contributed by atoms with van der Waals surface area (Å²) in [5.74, 6) is 0. The van der Waals surface area contributed by atoms with E-state index in [1.54, 1.807) is 6.08 Å². The summed E-state index contributed by atoms with van der Waals surface area (Å²) in [6.45, 7) is 20.9. The number of hydrogen-bond acceptors (Lipinski definition) is 0. The van der Waals surface area contributed by atoms with Crippen LogP contribution in [0.1, 0.15) is 73.6 Å². The fourth-order valence-corrected chi connectivity index (χ4v) is 2.05. The molecule has 0 spiro atoms. The Morgan fingerprint density at radius 1 is 1.06 bits per heavy atom. The SMILES string of the molecule is C=C/C=C(/C)C(=C)CC.CCCC(C)(C)CCC. The minimum absolute atomic E-state index is 0.601. The molecule has 0 heteroatoms. The average molecular weight is 250 g/mol. The van der Waals surface area contributed by atoms with E-state index in [4.69, 9.17) is 0 Å². The summed E-state index contributed by atoms with van der Waals surface area (Å²) in [4.78, 5) is 0. The monoisotopic (exact) mass is 250 g/mol. The molecule has 0 nitrogen and oxygen atoms in total. The Labute approximate surface area is 116 Å². The number of hydrogen-bond donors (Lipinski definition) is 0. The zero-order chi connectivity index (χ0) is 14.6. The zero-order valence-corrected chi connectivity index (χ0v) is 13.6. The van der Waals surface area contributed by atoms with Gasteiger partial charge in [-0.25, -0.2) is 0 Å². The van der Waals surface area contributed by atoms with Crippen molar-refractivity contribution in [3.63, 3.8) is 0 Å². The maximum Gasteiger partial charge on any atom is -0.0311 e. The van der Waals surface area contributed by atoms with Gasteiger partial charge in [0.25, 0.3) is 0 Å². The topological polar surface area (TPSA) is 0 Å². The fourth-order valence-electron chi connectivity index (χ4n) is 2.05. The lowest BCUT2D eigenvalue weighted by Crippen LogP contribution is -2.09. The van der Waals surface area contributed by atoms with E-state index in [0.29, 0.717) is 5.41 Å². The molecule has 0 atom stereocenters. The van der Waals surface area contributed by atoms with Crippen LogP contribution in [0.3, 0.4) is 0 Å². The average Bonchev–Trinajstić information content (AvgIpc) is 2.28. The van der Waals surface area contributed by atoms with Crippen molar-refractivity contribution in [2.75, 3.05) is 0 Å². The zero-order valence-electron chi connectivity index (χ0n) is 13.6. The second-order valence-electron chi connectivity index (χ2n) is 5.71. The first-order valence-electron chi connectivity index (χ1n) is 7.32. The van der Waals surface area contributed by atoms with Gasteiger partial charge in [0.05, 0.1) is 0 Å². The molecule has 0 N–H and O–H groups in total. The van der Waals surface area contributed by atoms with Gasteiger partial charge in [0.15, 0.2) is 0 Å². The van der Waals surface area contributed by atoms with Crippen LogP contribution >= 0.6 is 0 Å². The highest BCUT2D eigenvalue weighted by atomic mass is 14.2. The van der Waals surface area contributed by atoms with Crippen LogP contribution in [-0.4, -0.2) is 0 Å². The molecule has 18 heavy (non-hydrogen) atoms. The molecule has 0 aromatic heterocycles. The van der Waals surface area contributed by atoms with Crippen molar-refractivity contribution in [1.82, 2.24) is 0 Å². The molecule has 0 aromatic carbocycles. The Kier molecular flexibility index (Phi) is 12.3. The molecular weight excluding hydrogens is 216 g/mol.